The average molecular weight is 336 g/mol. The highest BCUT2D eigenvalue weighted by Gasteiger charge is 2.26. The van der Waals surface area contributed by atoms with Crippen molar-refractivity contribution in [1.82, 2.24) is 4.90 Å². The van der Waals surface area contributed by atoms with Crippen LogP contribution in [0, 0.1) is 12.8 Å². The second kappa shape index (κ2) is 8.30. The lowest BCUT2D eigenvalue weighted by molar-refractivity contribution is -0.121. The number of carbonyl (C=O) groups is 1. The number of anilines is 1. The molecule has 1 unspecified atom stereocenters. The fourth-order valence-corrected chi connectivity index (χ4v) is 3.61. The second-order valence-corrected chi connectivity index (χ2v) is 7.15. The summed E-state index contributed by atoms with van der Waals surface area (Å²) in [5.74, 6) is 0.820. The number of nitrogens with one attached hydrogen (secondary N) is 1. The molecular weight excluding hydrogens is 308 g/mol. The molecule has 0 bridgehead atoms. The van der Waals surface area contributed by atoms with E-state index in [4.69, 9.17) is 0 Å². The van der Waals surface area contributed by atoms with E-state index in [1.165, 1.54) is 5.56 Å². The van der Waals surface area contributed by atoms with Crippen LogP contribution in [0.3, 0.4) is 0 Å². The molecule has 25 heavy (non-hydrogen) atoms. The van der Waals surface area contributed by atoms with Crippen LogP contribution in [-0.4, -0.2) is 29.9 Å². The van der Waals surface area contributed by atoms with Crippen molar-refractivity contribution in [3.8, 4) is 0 Å². The summed E-state index contributed by atoms with van der Waals surface area (Å²) in [5.41, 5.74) is 3.44. The number of aryl methyl sites for hydroxylation is 1. The number of nitrogens with zero attached hydrogens (tertiary/aromatic N) is 1. The molecule has 0 aliphatic carbocycles. The Morgan fingerprint density at radius 2 is 1.72 bits per heavy atom. The molecule has 1 N–H and O–H groups in total. The van der Waals surface area contributed by atoms with Crippen molar-refractivity contribution in [3.63, 3.8) is 0 Å². The number of hydrogen-bond acceptors (Lipinski definition) is 2. The molecule has 0 aromatic heterocycles. The van der Waals surface area contributed by atoms with Gasteiger partial charge in [-0.3, -0.25) is 9.69 Å². The Kier molecular flexibility index (Phi) is 5.87. The second-order valence-electron chi connectivity index (χ2n) is 7.15. The molecule has 1 aliphatic rings. The molecule has 0 spiro atoms. The van der Waals surface area contributed by atoms with Crippen molar-refractivity contribution in [2.24, 2.45) is 5.92 Å². The quantitative estimate of drug-likeness (QED) is 0.884. The Balaban J connectivity index is 1.50. The lowest BCUT2D eigenvalue weighted by Gasteiger charge is -2.35. The van der Waals surface area contributed by atoms with Crippen molar-refractivity contribution in [1.29, 1.82) is 0 Å². The van der Waals surface area contributed by atoms with Gasteiger partial charge in [0.1, 0.15) is 0 Å². The van der Waals surface area contributed by atoms with Gasteiger partial charge < -0.3 is 5.32 Å². The molecule has 1 amide bonds. The molecule has 2 aromatic rings. The van der Waals surface area contributed by atoms with Gasteiger partial charge in [0.25, 0.3) is 0 Å². The highest BCUT2D eigenvalue weighted by Crippen LogP contribution is 2.23. The molecule has 0 saturated carbocycles. The van der Waals surface area contributed by atoms with E-state index < -0.39 is 0 Å². The summed E-state index contributed by atoms with van der Waals surface area (Å²) in [4.78, 5) is 14.9. The van der Waals surface area contributed by atoms with Crippen molar-refractivity contribution >= 4 is 11.6 Å². The van der Waals surface area contributed by atoms with Crippen LogP contribution < -0.4 is 5.32 Å². The summed E-state index contributed by atoms with van der Waals surface area (Å²) >= 11 is 0. The molecule has 1 saturated heterocycles. The monoisotopic (exact) mass is 336 g/mol. The van der Waals surface area contributed by atoms with Gasteiger partial charge in [-0.15, -0.1) is 0 Å². The topological polar surface area (TPSA) is 32.3 Å². The summed E-state index contributed by atoms with van der Waals surface area (Å²) in [6.45, 7) is 6.04. The van der Waals surface area contributed by atoms with Gasteiger partial charge in [-0.25, -0.2) is 0 Å². The van der Waals surface area contributed by atoms with E-state index in [1.54, 1.807) is 0 Å². The first-order valence-corrected chi connectivity index (χ1v) is 9.28. The molecule has 1 heterocycles. The Bertz CT molecular complexity index is 690. The fourth-order valence-electron chi connectivity index (χ4n) is 3.61. The standard InChI is InChI=1S/C22H28N2O/c1-17-8-6-7-11-21(17)23-22(25)18(2)24-14-12-20(13-15-24)16-19-9-4-3-5-10-19/h3-11,18,20H,12-16H2,1-2H3,(H,23,25). The third-order valence-corrected chi connectivity index (χ3v) is 5.35. The van der Waals surface area contributed by atoms with Crippen LogP contribution in [0.15, 0.2) is 54.6 Å². The zero-order valence-electron chi connectivity index (χ0n) is 15.2. The maximum atomic E-state index is 12.6. The van der Waals surface area contributed by atoms with E-state index in [-0.39, 0.29) is 11.9 Å². The van der Waals surface area contributed by atoms with Gasteiger partial charge in [-0.1, -0.05) is 48.5 Å². The van der Waals surface area contributed by atoms with Gasteiger partial charge in [0.15, 0.2) is 0 Å². The lowest BCUT2D eigenvalue weighted by atomic mass is 9.89. The van der Waals surface area contributed by atoms with Gasteiger partial charge in [-0.2, -0.15) is 0 Å². The lowest BCUT2D eigenvalue weighted by Crippen LogP contribution is -2.46. The Hall–Kier alpha value is -2.13. The minimum absolute atomic E-state index is 0.0859. The zero-order valence-corrected chi connectivity index (χ0v) is 15.2. The summed E-state index contributed by atoms with van der Waals surface area (Å²) in [5, 5.41) is 3.08. The van der Waals surface area contributed by atoms with Gasteiger partial charge in [0.05, 0.1) is 6.04 Å². The molecule has 1 atom stereocenters. The SMILES string of the molecule is Cc1ccccc1NC(=O)C(C)N1CCC(Cc2ccccc2)CC1. The number of likely N-dealkylation sites (tertiary alicyclic amines) is 1. The number of carbonyl (C=O) groups excluding carboxylic acids is 1. The molecule has 2 aromatic carbocycles. The normalized spacial score (nSPS) is 17.2. The number of benzene rings is 2. The third kappa shape index (κ3) is 4.70. The zero-order chi connectivity index (χ0) is 17.6. The first-order valence-electron chi connectivity index (χ1n) is 9.28. The van der Waals surface area contributed by atoms with Crippen LogP contribution in [0.2, 0.25) is 0 Å². The molecule has 3 nitrogen and oxygen atoms in total. The highest BCUT2D eigenvalue weighted by atomic mass is 16.2. The number of amides is 1. The van der Waals surface area contributed by atoms with Crippen molar-refractivity contribution < 1.29 is 4.79 Å². The van der Waals surface area contributed by atoms with E-state index >= 15 is 0 Å². The van der Waals surface area contributed by atoms with Gasteiger partial charge >= 0.3 is 0 Å². The number of hydrogen-bond donors (Lipinski definition) is 1. The van der Waals surface area contributed by atoms with Crippen LogP contribution in [0.5, 0.6) is 0 Å². The van der Waals surface area contributed by atoms with E-state index in [2.05, 4.69) is 40.5 Å². The maximum absolute atomic E-state index is 12.6. The highest BCUT2D eigenvalue weighted by molar-refractivity contribution is 5.95. The Morgan fingerprint density at radius 1 is 1.08 bits per heavy atom. The predicted octanol–water partition coefficient (Wildman–Crippen LogP) is 4.28. The third-order valence-electron chi connectivity index (χ3n) is 5.35. The largest absolute Gasteiger partial charge is 0.324 e. The molecule has 3 rings (SSSR count). The van der Waals surface area contributed by atoms with Crippen LogP contribution >= 0.6 is 0 Å². The molecule has 1 aliphatic heterocycles. The molecular formula is C22H28N2O. The average Bonchev–Trinajstić information content (AvgIpc) is 2.64. The van der Waals surface area contributed by atoms with Crippen molar-refractivity contribution in [3.05, 3.63) is 65.7 Å². The van der Waals surface area contributed by atoms with E-state index in [0.29, 0.717) is 0 Å². The van der Waals surface area contributed by atoms with Crippen LogP contribution in [-0.2, 0) is 11.2 Å². The van der Waals surface area contributed by atoms with Gasteiger partial charge in [-0.05, 0) is 69.3 Å². The number of rotatable bonds is 5. The number of para-hydroxylation sites is 1. The summed E-state index contributed by atoms with van der Waals surface area (Å²) in [6, 6.07) is 18.6. The summed E-state index contributed by atoms with van der Waals surface area (Å²) < 4.78 is 0. The van der Waals surface area contributed by atoms with Crippen LogP contribution in [0.1, 0.15) is 30.9 Å². The fraction of sp³-hybridized carbons (Fsp3) is 0.409. The first kappa shape index (κ1) is 17.7. The summed E-state index contributed by atoms with van der Waals surface area (Å²) in [7, 11) is 0. The minimum Gasteiger partial charge on any atom is -0.324 e. The van der Waals surface area contributed by atoms with Gasteiger partial charge in [0.2, 0.25) is 5.91 Å². The van der Waals surface area contributed by atoms with Crippen LogP contribution in [0.25, 0.3) is 0 Å². The molecule has 132 valence electrons. The maximum Gasteiger partial charge on any atom is 0.241 e. The smallest absolute Gasteiger partial charge is 0.241 e. The molecule has 0 radical (unpaired) electrons. The van der Waals surface area contributed by atoms with Crippen molar-refractivity contribution in [2.75, 3.05) is 18.4 Å². The van der Waals surface area contributed by atoms with Gasteiger partial charge in [0, 0.05) is 5.69 Å². The van der Waals surface area contributed by atoms with E-state index in [1.807, 2.05) is 38.1 Å². The van der Waals surface area contributed by atoms with Crippen molar-refractivity contribution in [2.45, 2.75) is 39.2 Å². The Morgan fingerprint density at radius 3 is 2.40 bits per heavy atom. The Labute approximate surface area is 151 Å². The number of piperidine rings is 1. The predicted molar refractivity (Wildman–Crippen MR) is 104 cm³/mol. The minimum atomic E-state index is -0.0859. The molecule has 3 heteroatoms. The molecule has 1 fully saturated rings. The van der Waals surface area contributed by atoms with Crippen LogP contribution in [0.4, 0.5) is 5.69 Å². The van der Waals surface area contributed by atoms with E-state index in [0.717, 1.165) is 49.5 Å². The summed E-state index contributed by atoms with van der Waals surface area (Å²) in [6.07, 6.45) is 3.48. The first-order chi connectivity index (χ1) is 12.1. The van der Waals surface area contributed by atoms with E-state index in [9.17, 15) is 4.79 Å².